The van der Waals surface area contributed by atoms with Gasteiger partial charge < -0.3 is 10.1 Å². The van der Waals surface area contributed by atoms with Gasteiger partial charge in [-0.25, -0.2) is 8.78 Å². The molecule has 1 N–H and O–H groups in total. The van der Waals surface area contributed by atoms with Gasteiger partial charge in [-0.3, -0.25) is 0 Å². The van der Waals surface area contributed by atoms with Gasteiger partial charge >= 0.3 is 0 Å². The Balaban J connectivity index is 2.43. The van der Waals surface area contributed by atoms with Crippen molar-refractivity contribution in [2.45, 2.75) is 19.6 Å². The van der Waals surface area contributed by atoms with E-state index in [1.54, 1.807) is 7.11 Å². The van der Waals surface area contributed by atoms with Crippen LogP contribution in [0.15, 0.2) is 24.3 Å². The topological polar surface area (TPSA) is 21.3 Å². The first kappa shape index (κ1) is 12.1. The highest BCUT2D eigenvalue weighted by molar-refractivity contribution is 5.22. The number of ether oxygens (including phenoxy) is 1. The zero-order valence-corrected chi connectivity index (χ0v) is 8.67. The molecule has 0 saturated heterocycles. The second-order valence-corrected chi connectivity index (χ2v) is 3.27. The van der Waals surface area contributed by atoms with Crippen molar-refractivity contribution < 1.29 is 13.5 Å². The summed E-state index contributed by atoms with van der Waals surface area (Å²) < 4.78 is 28.7. The van der Waals surface area contributed by atoms with Gasteiger partial charge in [0.1, 0.15) is 0 Å². The number of halogens is 2. The van der Waals surface area contributed by atoms with Crippen molar-refractivity contribution in [3.63, 3.8) is 0 Å². The van der Waals surface area contributed by atoms with Crippen LogP contribution in [0.25, 0.3) is 0 Å². The molecule has 0 saturated carbocycles. The summed E-state index contributed by atoms with van der Waals surface area (Å²) in [4.78, 5) is 0. The second kappa shape index (κ2) is 6.48. The fraction of sp³-hybridized carbons (Fsp3) is 0.455. The molecule has 0 aliphatic heterocycles. The van der Waals surface area contributed by atoms with E-state index in [1.165, 1.54) is 0 Å². The number of alkyl halides is 2. The summed E-state index contributed by atoms with van der Waals surface area (Å²) >= 11 is 0. The molecule has 15 heavy (non-hydrogen) atoms. The van der Waals surface area contributed by atoms with Crippen molar-refractivity contribution in [2.75, 3.05) is 13.7 Å². The van der Waals surface area contributed by atoms with E-state index in [2.05, 4.69) is 5.32 Å². The summed E-state index contributed by atoms with van der Waals surface area (Å²) in [5.74, 6) is 0. The molecule has 0 atom stereocenters. The molecule has 1 rings (SSSR count). The fourth-order valence-electron chi connectivity index (χ4n) is 1.32. The lowest BCUT2D eigenvalue weighted by molar-refractivity contribution is 0.145. The van der Waals surface area contributed by atoms with Crippen LogP contribution in [0.5, 0.6) is 0 Å². The van der Waals surface area contributed by atoms with Crippen LogP contribution in [-0.4, -0.2) is 20.1 Å². The van der Waals surface area contributed by atoms with Crippen molar-refractivity contribution in [1.82, 2.24) is 5.32 Å². The lowest BCUT2D eigenvalue weighted by Crippen LogP contribution is -2.20. The highest BCUT2D eigenvalue weighted by Gasteiger charge is 2.01. The van der Waals surface area contributed by atoms with Crippen molar-refractivity contribution in [3.8, 4) is 0 Å². The summed E-state index contributed by atoms with van der Waals surface area (Å²) in [7, 11) is 1.63. The maximum absolute atomic E-state index is 11.9. The van der Waals surface area contributed by atoms with E-state index in [4.69, 9.17) is 4.74 Å². The summed E-state index contributed by atoms with van der Waals surface area (Å²) in [5, 5.41) is 2.68. The van der Waals surface area contributed by atoms with Gasteiger partial charge in [0, 0.05) is 13.7 Å². The normalized spacial score (nSPS) is 10.9. The minimum atomic E-state index is -2.30. The van der Waals surface area contributed by atoms with E-state index in [-0.39, 0.29) is 6.54 Å². The van der Waals surface area contributed by atoms with E-state index in [0.29, 0.717) is 13.2 Å². The SMILES string of the molecule is COCc1cccc(CNCC(F)F)c1. The standard InChI is InChI=1S/C11H15F2NO/c1-15-8-10-4-2-3-9(5-10)6-14-7-11(12)13/h2-5,11,14H,6-8H2,1H3. The van der Waals surface area contributed by atoms with Gasteiger partial charge in [0.15, 0.2) is 0 Å². The maximum atomic E-state index is 11.9. The Labute approximate surface area is 88.3 Å². The first-order valence-electron chi connectivity index (χ1n) is 4.78. The van der Waals surface area contributed by atoms with E-state index in [9.17, 15) is 8.78 Å². The molecule has 0 aliphatic carbocycles. The fourth-order valence-corrected chi connectivity index (χ4v) is 1.32. The Morgan fingerprint density at radius 3 is 2.73 bits per heavy atom. The van der Waals surface area contributed by atoms with Crippen molar-refractivity contribution in [1.29, 1.82) is 0 Å². The minimum Gasteiger partial charge on any atom is -0.380 e. The van der Waals surface area contributed by atoms with Gasteiger partial charge in [-0.15, -0.1) is 0 Å². The molecule has 0 fully saturated rings. The lowest BCUT2D eigenvalue weighted by atomic mass is 10.1. The van der Waals surface area contributed by atoms with Crippen LogP contribution in [0.2, 0.25) is 0 Å². The Bertz CT molecular complexity index is 292. The molecular formula is C11H15F2NO. The smallest absolute Gasteiger partial charge is 0.250 e. The molecule has 0 aliphatic rings. The molecule has 0 bridgehead atoms. The van der Waals surface area contributed by atoms with Crippen LogP contribution < -0.4 is 5.32 Å². The third-order valence-corrected chi connectivity index (χ3v) is 1.93. The van der Waals surface area contributed by atoms with Crippen LogP contribution in [0, 0.1) is 0 Å². The third kappa shape index (κ3) is 4.85. The first-order chi connectivity index (χ1) is 7.22. The molecule has 0 radical (unpaired) electrons. The van der Waals surface area contributed by atoms with E-state index >= 15 is 0 Å². The summed E-state index contributed by atoms with van der Waals surface area (Å²) in [6.45, 7) is 0.735. The molecule has 84 valence electrons. The number of hydrogen-bond acceptors (Lipinski definition) is 2. The van der Waals surface area contributed by atoms with Crippen LogP contribution >= 0.6 is 0 Å². The molecule has 0 spiro atoms. The molecular weight excluding hydrogens is 200 g/mol. The van der Waals surface area contributed by atoms with Crippen LogP contribution in [0.4, 0.5) is 8.78 Å². The predicted molar refractivity (Wildman–Crippen MR) is 54.9 cm³/mol. The summed E-state index contributed by atoms with van der Waals surface area (Å²) in [6, 6.07) is 7.69. The Hall–Kier alpha value is -1.00. The van der Waals surface area contributed by atoms with Crippen LogP contribution in [-0.2, 0) is 17.9 Å². The van der Waals surface area contributed by atoms with Crippen LogP contribution in [0.1, 0.15) is 11.1 Å². The third-order valence-electron chi connectivity index (χ3n) is 1.93. The van der Waals surface area contributed by atoms with Gasteiger partial charge in [-0.1, -0.05) is 24.3 Å². The second-order valence-electron chi connectivity index (χ2n) is 3.27. The Morgan fingerprint density at radius 2 is 2.07 bits per heavy atom. The van der Waals surface area contributed by atoms with Crippen molar-refractivity contribution >= 4 is 0 Å². The van der Waals surface area contributed by atoms with Crippen LogP contribution in [0.3, 0.4) is 0 Å². The zero-order valence-electron chi connectivity index (χ0n) is 8.67. The van der Waals surface area contributed by atoms with Crippen molar-refractivity contribution in [3.05, 3.63) is 35.4 Å². The van der Waals surface area contributed by atoms with E-state index < -0.39 is 6.43 Å². The minimum absolute atomic E-state index is 0.269. The molecule has 0 unspecified atom stereocenters. The number of nitrogens with one attached hydrogen (secondary N) is 1. The maximum Gasteiger partial charge on any atom is 0.250 e. The number of hydrogen-bond donors (Lipinski definition) is 1. The molecule has 1 aromatic rings. The number of rotatable bonds is 6. The first-order valence-corrected chi connectivity index (χ1v) is 4.78. The van der Waals surface area contributed by atoms with E-state index in [0.717, 1.165) is 11.1 Å². The van der Waals surface area contributed by atoms with Gasteiger partial charge in [-0.05, 0) is 11.1 Å². The number of methoxy groups -OCH3 is 1. The molecule has 1 aromatic carbocycles. The van der Waals surface area contributed by atoms with Gasteiger partial charge in [-0.2, -0.15) is 0 Å². The molecule has 0 aromatic heterocycles. The molecule has 0 heterocycles. The largest absolute Gasteiger partial charge is 0.380 e. The van der Waals surface area contributed by atoms with Gasteiger partial charge in [0.05, 0.1) is 13.2 Å². The summed E-state index contributed by atoms with van der Waals surface area (Å²) in [5.41, 5.74) is 2.04. The average molecular weight is 215 g/mol. The molecule has 0 amide bonds. The molecule has 4 heteroatoms. The number of benzene rings is 1. The zero-order chi connectivity index (χ0) is 11.1. The van der Waals surface area contributed by atoms with E-state index in [1.807, 2.05) is 24.3 Å². The Morgan fingerprint density at radius 1 is 1.33 bits per heavy atom. The quantitative estimate of drug-likeness (QED) is 0.785. The Kier molecular flexibility index (Phi) is 5.21. The predicted octanol–water partition coefficient (Wildman–Crippen LogP) is 2.19. The lowest BCUT2D eigenvalue weighted by Gasteiger charge is -2.06. The highest BCUT2D eigenvalue weighted by atomic mass is 19.3. The summed E-state index contributed by atoms with van der Waals surface area (Å²) in [6.07, 6.45) is -2.30. The highest BCUT2D eigenvalue weighted by Crippen LogP contribution is 2.06. The van der Waals surface area contributed by atoms with Gasteiger partial charge in [0.2, 0.25) is 0 Å². The van der Waals surface area contributed by atoms with Crippen molar-refractivity contribution in [2.24, 2.45) is 0 Å². The molecule has 2 nitrogen and oxygen atoms in total. The van der Waals surface area contributed by atoms with Gasteiger partial charge in [0.25, 0.3) is 6.43 Å². The average Bonchev–Trinajstić information content (AvgIpc) is 2.18. The monoisotopic (exact) mass is 215 g/mol.